The van der Waals surface area contributed by atoms with Crippen LogP contribution >= 0.6 is 0 Å². The van der Waals surface area contributed by atoms with Crippen LogP contribution in [0.1, 0.15) is 5.56 Å². The van der Waals surface area contributed by atoms with Crippen molar-refractivity contribution in [3.8, 4) is 11.1 Å². The van der Waals surface area contributed by atoms with Gasteiger partial charge in [-0.1, -0.05) is 36.4 Å². The van der Waals surface area contributed by atoms with E-state index in [1.807, 2.05) is 30.3 Å². The Morgan fingerprint density at radius 1 is 0.952 bits per heavy atom. The zero-order valence-electron chi connectivity index (χ0n) is 12.2. The molecule has 2 aromatic carbocycles. The van der Waals surface area contributed by atoms with E-state index < -0.39 is 9.53 Å². The predicted octanol–water partition coefficient (Wildman–Crippen LogP) is 3.06. The minimum atomic E-state index is -1.94. The molecule has 0 radical (unpaired) electrons. The van der Waals surface area contributed by atoms with Crippen LogP contribution in [0.25, 0.3) is 11.1 Å². The third-order valence-corrected chi connectivity index (χ3v) is 4.42. The van der Waals surface area contributed by atoms with E-state index in [1.165, 1.54) is 12.1 Å². The van der Waals surface area contributed by atoms with Gasteiger partial charge in [0.05, 0.1) is 0 Å². The van der Waals surface area contributed by atoms with Gasteiger partial charge < -0.3 is 13.3 Å². The van der Waals surface area contributed by atoms with Gasteiger partial charge in [0.25, 0.3) is 0 Å². The summed E-state index contributed by atoms with van der Waals surface area (Å²) in [6.45, 7) is 0.567. The van der Waals surface area contributed by atoms with Gasteiger partial charge >= 0.3 is 9.53 Å². The maximum absolute atomic E-state index is 13.2. The maximum atomic E-state index is 13.2. The van der Waals surface area contributed by atoms with Gasteiger partial charge in [-0.25, -0.2) is 4.39 Å². The van der Waals surface area contributed by atoms with Crippen molar-refractivity contribution in [1.82, 2.24) is 0 Å². The third kappa shape index (κ3) is 4.75. The first-order chi connectivity index (χ1) is 10.2. The van der Waals surface area contributed by atoms with Crippen molar-refractivity contribution in [3.05, 3.63) is 59.9 Å². The van der Waals surface area contributed by atoms with Crippen molar-refractivity contribution in [2.45, 2.75) is 6.42 Å². The normalized spacial score (nSPS) is 11.0. The van der Waals surface area contributed by atoms with Crippen LogP contribution in [0.5, 0.6) is 0 Å². The van der Waals surface area contributed by atoms with Crippen molar-refractivity contribution < 1.29 is 17.7 Å². The van der Waals surface area contributed by atoms with Crippen molar-refractivity contribution >= 4 is 9.53 Å². The average Bonchev–Trinajstić information content (AvgIpc) is 2.52. The summed E-state index contributed by atoms with van der Waals surface area (Å²) in [5, 5.41) is 0. The molecule has 2 rings (SSSR count). The smallest absolute Gasteiger partial charge is 0.379 e. The van der Waals surface area contributed by atoms with Crippen LogP contribution in [-0.4, -0.2) is 30.4 Å². The molecule has 2 aromatic rings. The molecule has 3 nitrogen and oxygen atoms in total. The summed E-state index contributed by atoms with van der Waals surface area (Å²) in [6.07, 6.45) is 0.791. The largest absolute Gasteiger partial charge is 0.483 e. The van der Waals surface area contributed by atoms with Crippen LogP contribution in [0.15, 0.2) is 48.5 Å². The summed E-state index contributed by atoms with van der Waals surface area (Å²) in [7, 11) is 1.24. The van der Waals surface area contributed by atoms with Gasteiger partial charge in [0.2, 0.25) is 0 Å². The Bertz CT molecular complexity index is 556. The van der Waals surface area contributed by atoms with Gasteiger partial charge in [0.15, 0.2) is 0 Å². The van der Waals surface area contributed by atoms with Crippen LogP contribution in [0.4, 0.5) is 4.39 Å². The fourth-order valence-corrected chi connectivity index (χ4v) is 2.81. The van der Waals surface area contributed by atoms with Crippen molar-refractivity contribution in [2.24, 2.45) is 0 Å². The van der Waals surface area contributed by atoms with E-state index >= 15 is 0 Å². The molecule has 0 aliphatic rings. The highest BCUT2D eigenvalue weighted by atomic mass is 28.3. The van der Waals surface area contributed by atoms with Crippen LogP contribution in [0, 0.1) is 5.82 Å². The molecule has 0 unspecified atom stereocenters. The molecule has 0 heterocycles. The maximum Gasteiger partial charge on any atom is 0.483 e. The fraction of sp³-hybridized carbons (Fsp3) is 0.250. The second kappa shape index (κ2) is 8.04. The molecule has 0 atom stereocenters. The first kappa shape index (κ1) is 15.8. The molecule has 0 spiro atoms. The van der Waals surface area contributed by atoms with Crippen molar-refractivity contribution in [1.29, 1.82) is 0 Å². The zero-order valence-corrected chi connectivity index (χ0v) is 13.4. The van der Waals surface area contributed by atoms with Gasteiger partial charge in [-0.3, -0.25) is 0 Å². The first-order valence-electron chi connectivity index (χ1n) is 6.75. The average molecular weight is 306 g/mol. The topological polar surface area (TPSA) is 27.7 Å². The molecule has 0 bridgehead atoms. The van der Waals surface area contributed by atoms with Crippen LogP contribution in [-0.2, 0) is 19.7 Å². The Labute approximate surface area is 126 Å². The summed E-state index contributed by atoms with van der Waals surface area (Å²) < 4.78 is 28.9. The fourth-order valence-electron chi connectivity index (χ4n) is 2.04. The molecular weight excluding hydrogens is 287 g/mol. The van der Waals surface area contributed by atoms with Gasteiger partial charge in [0, 0.05) is 20.8 Å². The van der Waals surface area contributed by atoms with Gasteiger partial charge in [-0.2, -0.15) is 0 Å². The van der Waals surface area contributed by atoms with Gasteiger partial charge in [-0.05, 0) is 35.2 Å². The van der Waals surface area contributed by atoms with E-state index in [-0.39, 0.29) is 5.82 Å². The Kier molecular flexibility index (Phi) is 6.07. The highest BCUT2D eigenvalue weighted by Crippen LogP contribution is 2.20. The van der Waals surface area contributed by atoms with Crippen LogP contribution < -0.4 is 0 Å². The molecule has 0 amide bonds. The lowest BCUT2D eigenvalue weighted by atomic mass is 10.0. The molecule has 5 heteroatoms. The third-order valence-electron chi connectivity index (χ3n) is 3.14. The summed E-state index contributed by atoms with van der Waals surface area (Å²) in [6, 6.07) is 14.6. The SMILES string of the molecule is CO[SiH](OC)OCCc1ccc(-c2cccc(F)c2)cc1. The molecule has 0 saturated carbocycles. The van der Waals surface area contributed by atoms with E-state index in [1.54, 1.807) is 20.3 Å². The second-order valence-electron chi connectivity index (χ2n) is 4.59. The van der Waals surface area contributed by atoms with Crippen LogP contribution in [0.3, 0.4) is 0 Å². The second-order valence-corrected chi connectivity index (χ2v) is 6.44. The molecule has 21 heavy (non-hydrogen) atoms. The standard InChI is InChI=1S/C16H19FO3Si/c1-18-21(19-2)20-11-10-13-6-8-14(9-7-13)15-4-3-5-16(17)12-15/h3-9,12,21H,10-11H2,1-2H3. The summed E-state index contributed by atoms with van der Waals surface area (Å²) in [5.41, 5.74) is 3.04. The summed E-state index contributed by atoms with van der Waals surface area (Å²) >= 11 is 0. The summed E-state index contributed by atoms with van der Waals surface area (Å²) in [5.74, 6) is -0.222. The monoisotopic (exact) mass is 306 g/mol. The number of hydrogen-bond acceptors (Lipinski definition) is 3. The lowest BCUT2D eigenvalue weighted by Gasteiger charge is -2.11. The van der Waals surface area contributed by atoms with Gasteiger partial charge in [-0.15, -0.1) is 0 Å². The molecule has 0 aliphatic heterocycles. The molecule has 0 saturated heterocycles. The molecule has 0 fully saturated rings. The lowest BCUT2D eigenvalue weighted by molar-refractivity contribution is 0.137. The number of hydrogen-bond donors (Lipinski definition) is 0. The predicted molar refractivity (Wildman–Crippen MR) is 82.7 cm³/mol. The van der Waals surface area contributed by atoms with E-state index in [0.29, 0.717) is 6.61 Å². The molecule has 0 N–H and O–H groups in total. The lowest BCUT2D eigenvalue weighted by Crippen LogP contribution is -2.24. The van der Waals surface area contributed by atoms with E-state index in [4.69, 9.17) is 13.3 Å². The Morgan fingerprint density at radius 3 is 2.29 bits per heavy atom. The molecule has 112 valence electrons. The Balaban J connectivity index is 1.93. The van der Waals surface area contributed by atoms with E-state index in [9.17, 15) is 4.39 Å². The highest BCUT2D eigenvalue weighted by molar-refractivity contribution is 6.36. The summed E-state index contributed by atoms with van der Waals surface area (Å²) in [4.78, 5) is 0. The first-order valence-corrected chi connectivity index (χ1v) is 8.16. The molecule has 0 aromatic heterocycles. The van der Waals surface area contributed by atoms with Crippen LogP contribution in [0.2, 0.25) is 0 Å². The number of halogens is 1. The molecule has 0 aliphatic carbocycles. The minimum absolute atomic E-state index is 0.222. The molecular formula is C16H19FO3Si. The van der Waals surface area contributed by atoms with E-state index in [0.717, 1.165) is 23.1 Å². The quantitative estimate of drug-likeness (QED) is 0.736. The zero-order chi connectivity index (χ0) is 15.1. The van der Waals surface area contributed by atoms with Crippen molar-refractivity contribution in [3.63, 3.8) is 0 Å². The van der Waals surface area contributed by atoms with Gasteiger partial charge in [0.1, 0.15) is 5.82 Å². The number of benzene rings is 2. The Hall–Kier alpha value is -1.53. The van der Waals surface area contributed by atoms with E-state index in [2.05, 4.69) is 0 Å². The van der Waals surface area contributed by atoms with Crippen molar-refractivity contribution in [2.75, 3.05) is 20.8 Å². The minimum Gasteiger partial charge on any atom is -0.379 e. The number of rotatable bonds is 7. The Morgan fingerprint density at radius 2 is 1.67 bits per heavy atom. The highest BCUT2D eigenvalue weighted by Gasteiger charge is 2.10.